The van der Waals surface area contributed by atoms with Crippen LogP contribution in [0.4, 0.5) is 5.82 Å². The maximum absolute atomic E-state index is 11.0. The third kappa shape index (κ3) is 4.07. The van der Waals surface area contributed by atoms with Gasteiger partial charge in [0.05, 0.1) is 12.2 Å². The van der Waals surface area contributed by atoms with Crippen LogP contribution in [-0.4, -0.2) is 43.0 Å². The number of nitrogen functional groups attached to an aromatic ring is 1. The highest BCUT2D eigenvalue weighted by Crippen LogP contribution is 2.31. The number of carbonyl (C=O) groups excluding carboxylic acids is 1. The smallest absolute Gasteiger partial charge is 0.306 e. The summed E-state index contributed by atoms with van der Waals surface area (Å²) in [5, 5.41) is 9.08. The van der Waals surface area contributed by atoms with Gasteiger partial charge in [-0.1, -0.05) is 5.92 Å². The highest BCUT2D eigenvalue weighted by atomic mass is 16.5. The zero-order valence-corrected chi connectivity index (χ0v) is 16.0. The monoisotopic (exact) mass is 397 g/mol. The molecule has 0 spiro atoms. The molecule has 9 nitrogen and oxygen atoms in total. The topological polar surface area (TPSA) is 133 Å². The number of fused-ring (bicyclic) bond motifs is 1. The van der Waals surface area contributed by atoms with Crippen LogP contribution in [0.5, 0.6) is 0 Å². The van der Waals surface area contributed by atoms with Crippen LogP contribution in [0.25, 0.3) is 11.2 Å². The minimum atomic E-state index is -0.700. The summed E-state index contributed by atoms with van der Waals surface area (Å²) >= 11 is 0. The average Bonchev–Trinajstić information content (AvgIpc) is 3.35. The predicted molar refractivity (Wildman–Crippen MR) is 104 cm³/mol. The molecule has 0 radical (unpaired) electrons. The summed E-state index contributed by atoms with van der Waals surface area (Å²) in [5.41, 5.74) is 7.06. The van der Waals surface area contributed by atoms with Crippen LogP contribution in [0.3, 0.4) is 0 Å². The Morgan fingerprint density at radius 2 is 2.07 bits per heavy atom. The van der Waals surface area contributed by atoms with Gasteiger partial charge in [-0.15, -0.1) is 0 Å². The molecule has 3 heterocycles. The number of imidazole rings is 1. The number of hydrogen-bond acceptors (Lipinski definition) is 7. The highest BCUT2D eigenvalue weighted by Gasteiger charge is 2.28. The van der Waals surface area contributed by atoms with E-state index in [-0.39, 0.29) is 18.0 Å². The van der Waals surface area contributed by atoms with E-state index in [0.717, 1.165) is 19.1 Å². The molecule has 2 unspecified atom stereocenters. The summed E-state index contributed by atoms with van der Waals surface area (Å²) in [5.74, 6) is 6.15. The number of rotatable bonds is 4. The van der Waals surface area contributed by atoms with Crippen LogP contribution < -0.4 is 5.73 Å². The molecule has 0 aromatic carbocycles. The second-order valence-corrected chi connectivity index (χ2v) is 7.66. The number of nitrogens with two attached hydrogens (primary N) is 1. The van der Waals surface area contributed by atoms with Crippen molar-refractivity contribution in [1.29, 1.82) is 0 Å². The third-order valence-electron chi connectivity index (χ3n) is 5.73. The minimum Gasteiger partial charge on any atom is -0.481 e. The Balaban J connectivity index is 1.48. The molecule has 2 fully saturated rings. The Bertz CT molecular complexity index is 984. The Labute approximate surface area is 167 Å². The van der Waals surface area contributed by atoms with Crippen molar-refractivity contribution in [3.05, 3.63) is 12.2 Å². The Morgan fingerprint density at radius 1 is 1.28 bits per heavy atom. The lowest BCUT2D eigenvalue weighted by Crippen LogP contribution is -2.21. The van der Waals surface area contributed by atoms with Crippen LogP contribution in [0, 0.1) is 23.7 Å². The van der Waals surface area contributed by atoms with E-state index >= 15 is 0 Å². The van der Waals surface area contributed by atoms with Crippen LogP contribution in [0.15, 0.2) is 6.33 Å². The second-order valence-electron chi connectivity index (χ2n) is 7.66. The lowest BCUT2D eigenvalue weighted by atomic mass is 9.81. The van der Waals surface area contributed by atoms with Gasteiger partial charge in [-0.25, -0.2) is 15.0 Å². The maximum Gasteiger partial charge on any atom is 0.306 e. The molecule has 0 bridgehead atoms. The standard InChI is InChI=1S/C20H23N5O4/c21-18-17-19(25(11-22-17)16-9-8-14(10-26)29-16)24-15(23-18)3-1-2-12-4-6-13(7-5-12)20(27)28/h10-14,16H,2,4-9H2,(H,27,28)(H2,21,23,24). The number of carboxylic acid groups (broad SMARTS) is 1. The first-order valence-electron chi connectivity index (χ1n) is 9.87. The average molecular weight is 397 g/mol. The van der Waals surface area contributed by atoms with Crippen molar-refractivity contribution in [3.63, 3.8) is 0 Å². The zero-order valence-electron chi connectivity index (χ0n) is 16.0. The van der Waals surface area contributed by atoms with Crippen molar-refractivity contribution in [2.75, 3.05) is 5.73 Å². The van der Waals surface area contributed by atoms with E-state index in [2.05, 4.69) is 26.8 Å². The van der Waals surface area contributed by atoms with E-state index in [9.17, 15) is 9.59 Å². The molecule has 1 aliphatic carbocycles. The molecule has 1 saturated carbocycles. The Kier molecular flexibility index (Phi) is 5.45. The number of aromatic nitrogens is 4. The molecular formula is C20H23N5O4. The quantitative estimate of drug-likeness (QED) is 0.590. The molecule has 1 aliphatic heterocycles. The number of carboxylic acids is 1. The normalized spacial score (nSPS) is 26.8. The van der Waals surface area contributed by atoms with Gasteiger partial charge in [-0.05, 0) is 50.4 Å². The molecular weight excluding hydrogens is 374 g/mol. The van der Waals surface area contributed by atoms with Gasteiger partial charge in [0.25, 0.3) is 0 Å². The SMILES string of the molecule is Nc1nc(C#CCC2CCC(C(=O)O)CC2)nc2c1ncn2C1CCC(C=O)O1. The number of nitrogens with zero attached hydrogens (tertiary/aromatic N) is 4. The number of aliphatic carboxylic acids is 1. The summed E-state index contributed by atoms with van der Waals surface area (Å²) in [7, 11) is 0. The summed E-state index contributed by atoms with van der Waals surface area (Å²) in [6.07, 6.45) is 6.88. The van der Waals surface area contributed by atoms with Crippen molar-refractivity contribution >= 4 is 29.2 Å². The van der Waals surface area contributed by atoms with E-state index in [0.29, 0.717) is 55.0 Å². The van der Waals surface area contributed by atoms with Crippen molar-refractivity contribution < 1.29 is 19.4 Å². The molecule has 9 heteroatoms. The molecule has 3 N–H and O–H groups in total. The number of anilines is 1. The van der Waals surface area contributed by atoms with Crippen LogP contribution >= 0.6 is 0 Å². The van der Waals surface area contributed by atoms with E-state index in [1.165, 1.54) is 0 Å². The van der Waals surface area contributed by atoms with E-state index < -0.39 is 12.1 Å². The summed E-state index contributed by atoms with van der Waals surface area (Å²) in [6.45, 7) is 0. The van der Waals surface area contributed by atoms with Gasteiger partial charge in [-0.3, -0.25) is 9.36 Å². The van der Waals surface area contributed by atoms with Crippen LogP contribution in [0.2, 0.25) is 0 Å². The fourth-order valence-electron chi connectivity index (χ4n) is 4.04. The maximum atomic E-state index is 11.0. The molecule has 4 rings (SSSR count). The molecule has 2 aromatic heterocycles. The van der Waals surface area contributed by atoms with E-state index in [1.54, 1.807) is 10.9 Å². The Morgan fingerprint density at radius 3 is 2.76 bits per heavy atom. The molecule has 1 saturated heterocycles. The van der Waals surface area contributed by atoms with Crippen molar-refractivity contribution in [3.8, 4) is 11.8 Å². The molecule has 2 aliphatic rings. The molecule has 2 atom stereocenters. The fraction of sp³-hybridized carbons (Fsp3) is 0.550. The van der Waals surface area contributed by atoms with E-state index in [4.69, 9.17) is 15.6 Å². The number of ether oxygens (including phenoxy) is 1. The number of aldehydes is 1. The molecule has 2 aromatic rings. The van der Waals surface area contributed by atoms with Crippen molar-refractivity contribution in [1.82, 2.24) is 19.5 Å². The largest absolute Gasteiger partial charge is 0.481 e. The van der Waals surface area contributed by atoms with Crippen molar-refractivity contribution in [2.45, 2.75) is 57.3 Å². The molecule has 29 heavy (non-hydrogen) atoms. The zero-order chi connectivity index (χ0) is 20.4. The van der Waals surface area contributed by atoms with Crippen LogP contribution in [-0.2, 0) is 14.3 Å². The fourth-order valence-corrected chi connectivity index (χ4v) is 4.04. The van der Waals surface area contributed by atoms with Gasteiger partial charge in [0.2, 0.25) is 5.82 Å². The minimum absolute atomic E-state index is 0.221. The van der Waals surface area contributed by atoms with Gasteiger partial charge in [0.15, 0.2) is 11.5 Å². The van der Waals surface area contributed by atoms with Crippen LogP contribution in [0.1, 0.15) is 57.0 Å². The lowest BCUT2D eigenvalue weighted by Gasteiger charge is -2.24. The predicted octanol–water partition coefficient (Wildman–Crippen LogP) is 1.92. The van der Waals surface area contributed by atoms with Gasteiger partial charge in [0.1, 0.15) is 24.1 Å². The van der Waals surface area contributed by atoms with Gasteiger partial charge in [0, 0.05) is 6.42 Å². The van der Waals surface area contributed by atoms with Gasteiger partial charge < -0.3 is 20.4 Å². The number of carbonyl (C=O) groups is 2. The highest BCUT2D eigenvalue weighted by molar-refractivity contribution is 5.82. The Hall–Kier alpha value is -2.99. The lowest BCUT2D eigenvalue weighted by molar-refractivity contribution is -0.143. The third-order valence-corrected chi connectivity index (χ3v) is 5.73. The molecule has 0 amide bonds. The molecule has 152 valence electrons. The summed E-state index contributed by atoms with van der Waals surface area (Å²) in [4.78, 5) is 35.0. The first-order chi connectivity index (χ1) is 14.0. The summed E-state index contributed by atoms with van der Waals surface area (Å²) in [6, 6.07) is 0. The van der Waals surface area contributed by atoms with Gasteiger partial charge in [-0.2, -0.15) is 0 Å². The van der Waals surface area contributed by atoms with E-state index in [1.807, 2.05) is 0 Å². The van der Waals surface area contributed by atoms with Gasteiger partial charge >= 0.3 is 5.97 Å². The summed E-state index contributed by atoms with van der Waals surface area (Å²) < 4.78 is 7.48. The number of hydrogen-bond donors (Lipinski definition) is 2. The first-order valence-corrected chi connectivity index (χ1v) is 9.87. The van der Waals surface area contributed by atoms with Crippen molar-refractivity contribution in [2.24, 2.45) is 11.8 Å². The first kappa shape index (κ1) is 19.3. The second kappa shape index (κ2) is 8.17.